The van der Waals surface area contributed by atoms with Gasteiger partial charge in [-0.05, 0) is 25.8 Å². The fourth-order valence-corrected chi connectivity index (χ4v) is 1.87. The Morgan fingerprint density at radius 3 is 3.07 bits per heavy atom. The Kier molecular flexibility index (Phi) is 3.28. The second-order valence-electron chi connectivity index (χ2n) is 3.93. The van der Waals surface area contributed by atoms with Crippen molar-refractivity contribution in [2.45, 2.75) is 32.3 Å². The van der Waals surface area contributed by atoms with Crippen LogP contribution in [0.4, 0.5) is 0 Å². The summed E-state index contributed by atoms with van der Waals surface area (Å²) in [5.41, 5.74) is 1.61. The van der Waals surface area contributed by atoms with Crippen molar-refractivity contribution in [1.29, 1.82) is 0 Å². The summed E-state index contributed by atoms with van der Waals surface area (Å²) in [6, 6.07) is 1.81. The molecule has 1 N–H and O–H groups in total. The molecule has 4 nitrogen and oxygen atoms in total. The molecule has 1 aromatic rings. The van der Waals surface area contributed by atoms with E-state index in [0.29, 0.717) is 18.2 Å². The highest BCUT2D eigenvalue weighted by Crippen LogP contribution is 2.22. The average Bonchev–Trinajstić information content (AvgIpc) is 2.29. The Morgan fingerprint density at radius 1 is 1.53 bits per heavy atom. The van der Waals surface area contributed by atoms with Crippen LogP contribution >= 0.6 is 0 Å². The summed E-state index contributed by atoms with van der Waals surface area (Å²) in [5.74, 6) is 1.11. The average molecular weight is 208 g/mol. The highest BCUT2D eigenvalue weighted by atomic mass is 16.5. The van der Waals surface area contributed by atoms with Gasteiger partial charge in [0.1, 0.15) is 5.82 Å². The van der Waals surface area contributed by atoms with Crippen LogP contribution in [0.5, 0.6) is 0 Å². The van der Waals surface area contributed by atoms with Crippen molar-refractivity contribution in [2.24, 2.45) is 0 Å². The molecular formula is C11H16N2O2. The minimum atomic E-state index is -0.0239. The molecule has 0 spiro atoms. The van der Waals surface area contributed by atoms with Gasteiger partial charge >= 0.3 is 0 Å². The third-order valence-corrected chi connectivity index (χ3v) is 2.61. The lowest BCUT2D eigenvalue weighted by molar-refractivity contribution is 0.0778. The molecule has 1 aliphatic heterocycles. The second kappa shape index (κ2) is 4.68. The number of aryl methyl sites for hydroxylation is 1. The van der Waals surface area contributed by atoms with Gasteiger partial charge in [0, 0.05) is 18.2 Å². The van der Waals surface area contributed by atoms with E-state index in [1.54, 1.807) is 0 Å². The molecule has 1 atom stereocenters. The minimum absolute atomic E-state index is 0.0239. The quantitative estimate of drug-likeness (QED) is 0.792. The Bertz CT molecular complexity index is 335. The summed E-state index contributed by atoms with van der Waals surface area (Å²) in [6.07, 6.45) is 2.14. The number of aromatic nitrogens is 2. The van der Waals surface area contributed by atoms with E-state index in [1.807, 2.05) is 13.0 Å². The van der Waals surface area contributed by atoms with Gasteiger partial charge in [0.2, 0.25) is 0 Å². The van der Waals surface area contributed by atoms with Crippen LogP contribution in [0.2, 0.25) is 0 Å². The lowest BCUT2D eigenvalue weighted by Gasteiger charge is -2.21. The number of ether oxygens (including phenoxy) is 1. The van der Waals surface area contributed by atoms with Gasteiger partial charge in [0.05, 0.1) is 18.9 Å². The first kappa shape index (κ1) is 10.5. The Hall–Kier alpha value is -1.00. The molecule has 1 saturated heterocycles. The zero-order valence-electron chi connectivity index (χ0n) is 8.94. The lowest BCUT2D eigenvalue weighted by Crippen LogP contribution is -2.18. The van der Waals surface area contributed by atoms with Crippen LogP contribution in [-0.4, -0.2) is 28.3 Å². The van der Waals surface area contributed by atoms with E-state index in [9.17, 15) is 0 Å². The smallest absolute Gasteiger partial charge is 0.134 e. The highest BCUT2D eigenvalue weighted by Gasteiger charge is 2.19. The molecule has 1 aromatic heterocycles. The number of aliphatic hydroxyl groups excluding tert-OH is 1. The van der Waals surface area contributed by atoms with E-state index in [4.69, 9.17) is 9.84 Å². The fourth-order valence-electron chi connectivity index (χ4n) is 1.87. The van der Waals surface area contributed by atoms with Crippen molar-refractivity contribution in [1.82, 2.24) is 9.97 Å². The number of hydrogen-bond acceptors (Lipinski definition) is 4. The molecule has 4 heteroatoms. The van der Waals surface area contributed by atoms with E-state index >= 15 is 0 Å². The monoisotopic (exact) mass is 208 g/mol. The second-order valence-corrected chi connectivity index (χ2v) is 3.93. The first-order chi connectivity index (χ1) is 7.29. The van der Waals surface area contributed by atoms with Crippen LogP contribution in [0.1, 0.15) is 36.0 Å². The van der Waals surface area contributed by atoms with Gasteiger partial charge in [-0.2, -0.15) is 0 Å². The zero-order chi connectivity index (χ0) is 10.7. The topological polar surface area (TPSA) is 55.2 Å². The van der Waals surface area contributed by atoms with Crippen LogP contribution in [0.25, 0.3) is 0 Å². The lowest BCUT2D eigenvalue weighted by atomic mass is 10.0. The maximum atomic E-state index is 9.06. The minimum Gasteiger partial charge on any atom is -0.390 e. The summed E-state index contributed by atoms with van der Waals surface area (Å²) in [4.78, 5) is 8.74. The van der Waals surface area contributed by atoms with Crippen molar-refractivity contribution in [2.75, 3.05) is 13.2 Å². The van der Waals surface area contributed by atoms with E-state index in [0.717, 1.165) is 31.0 Å². The van der Waals surface area contributed by atoms with Crippen LogP contribution in [-0.2, 0) is 11.3 Å². The number of aliphatic hydroxyl groups is 1. The van der Waals surface area contributed by atoms with Crippen molar-refractivity contribution in [3.8, 4) is 0 Å². The maximum absolute atomic E-state index is 9.06. The number of nitrogens with zero attached hydrogens (tertiary/aromatic N) is 2. The summed E-state index contributed by atoms with van der Waals surface area (Å²) in [7, 11) is 0. The third-order valence-electron chi connectivity index (χ3n) is 2.61. The molecule has 0 aliphatic carbocycles. The number of rotatable bonds is 2. The molecule has 0 radical (unpaired) electrons. The molecule has 0 aromatic carbocycles. The molecule has 1 fully saturated rings. The standard InChI is InChI=1S/C11H16N2O2/c1-8-5-10(6-14)13-11(12-8)9-3-2-4-15-7-9/h5,9,14H,2-4,6-7H2,1H3. The van der Waals surface area contributed by atoms with E-state index in [1.165, 1.54) is 0 Å². The van der Waals surface area contributed by atoms with Crippen LogP contribution in [0, 0.1) is 6.92 Å². The first-order valence-electron chi connectivity index (χ1n) is 5.32. The normalized spacial score (nSPS) is 21.6. The molecule has 82 valence electrons. The summed E-state index contributed by atoms with van der Waals surface area (Å²) in [5, 5.41) is 9.06. The van der Waals surface area contributed by atoms with Gasteiger partial charge in [0.15, 0.2) is 0 Å². The van der Waals surface area contributed by atoms with Crippen molar-refractivity contribution >= 4 is 0 Å². The first-order valence-corrected chi connectivity index (χ1v) is 5.32. The molecule has 15 heavy (non-hydrogen) atoms. The highest BCUT2D eigenvalue weighted by molar-refractivity contribution is 5.12. The van der Waals surface area contributed by atoms with Gasteiger partial charge in [-0.15, -0.1) is 0 Å². The van der Waals surface area contributed by atoms with Gasteiger partial charge in [-0.25, -0.2) is 9.97 Å². The molecular weight excluding hydrogens is 192 g/mol. The van der Waals surface area contributed by atoms with Crippen LogP contribution in [0.3, 0.4) is 0 Å². The summed E-state index contributed by atoms with van der Waals surface area (Å²) < 4.78 is 5.41. The predicted octanol–water partition coefficient (Wildman–Crippen LogP) is 1.17. The fraction of sp³-hybridized carbons (Fsp3) is 0.636. The van der Waals surface area contributed by atoms with E-state index in [-0.39, 0.29) is 6.61 Å². The van der Waals surface area contributed by atoms with Crippen LogP contribution in [0.15, 0.2) is 6.07 Å². The molecule has 2 heterocycles. The SMILES string of the molecule is Cc1cc(CO)nc(C2CCCOC2)n1. The van der Waals surface area contributed by atoms with E-state index < -0.39 is 0 Å². The van der Waals surface area contributed by atoms with Crippen molar-refractivity contribution < 1.29 is 9.84 Å². The van der Waals surface area contributed by atoms with Gasteiger partial charge in [-0.3, -0.25) is 0 Å². The molecule has 0 amide bonds. The predicted molar refractivity (Wildman–Crippen MR) is 55.5 cm³/mol. The zero-order valence-corrected chi connectivity index (χ0v) is 8.94. The van der Waals surface area contributed by atoms with Crippen LogP contribution < -0.4 is 0 Å². The number of hydrogen-bond donors (Lipinski definition) is 1. The third kappa shape index (κ3) is 2.52. The Labute approximate surface area is 89.3 Å². The Balaban J connectivity index is 2.22. The molecule has 0 saturated carbocycles. The van der Waals surface area contributed by atoms with Gasteiger partial charge in [0.25, 0.3) is 0 Å². The van der Waals surface area contributed by atoms with Crippen molar-refractivity contribution in [3.05, 3.63) is 23.3 Å². The maximum Gasteiger partial charge on any atom is 0.134 e. The summed E-state index contributed by atoms with van der Waals surface area (Å²) >= 11 is 0. The molecule has 0 bridgehead atoms. The Morgan fingerprint density at radius 2 is 2.40 bits per heavy atom. The molecule has 2 rings (SSSR count). The molecule has 1 aliphatic rings. The van der Waals surface area contributed by atoms with Gasteiger partial charge in [-0.1, -0.05) is 0 Å². The molecule has 1 unspecified atom stereocenters. The summed E-state index contributed by atoms with van der Waals surface area (Å²) in [6.45, 7) is 3.45. The van der Waals surface area contributed by atoms with Crippen molar-refractivity contribution in [3.63, 3.8) is 0 Å². The van der Waals surface area contributed by atoms with Gasteiger partial charge < -0.3 is 9.84 Å². The van der Waals surface area contributed by atoms with E-state index in [2.05, 4.69) is 9.97 Å². The largest absolute Gasteiger partial charge is 0.390 e.